The van der Waals surface area contributed by atoms with Gasteiger partial charge in [0.1, 0.15) is 12.7 Å². The van der Waals surface area contributed by atoms with E-state index in [1.165, 1.54) is 6.33 Å². The van der Waals surface area contributed by atoms with E-state index in [0.717, 1.165) is 0 Å². The Bertz CT molecular complexity index is 819. The van der Waals surface area contributed by atoms with Crippen molar-refractivity contribution in [1.82, 2.24) is 19.5 Å². The molecule has 11 nitrogen and oxygen atoms in total. The minimum Gasteiger partial charge on any atom is -0.370 e. The maximum Gasteiger partial charge on any atom is 0.356 e. The summed E-state index contributed by atoms with van der Waals surface area (Å²) in [5.74, 6) is 0.179. The highest BCUT2D eigenvalue weighted by molar-refractivity contribution is 7.53. The molecule has 0 aliphatic rings. The van der Waals surface area contributed by atoms with Crippen LogP contribution in [0, 0.1) is 0 Å². The van der Waals surface area contributed by atoms with Gasteiger partial charge in [0.2, 0.25) is 0 Å². The van der Waals surface area contributed by atoms with E-state index in [2.05, 4.69) is 19.9 Å². The summed E-state index contributed by atoms with van der Waals surface area (Å²) in [7, 11) is -3.33. The molecule has 150 valence electrons. The lowest BCUT2D eigenvalue weighted by atomic mass is 10.5. The SMILES string of the molecule is CC(C)OP(=O)(COCCn1cnc2c(N=C(N)N)ncnc21)OC(C)C. The molecule has 2 aromatic heterocycles. The maximum absolute atomic E-state index is 12.7. The molecule has 2 aromatic rings. The van der Waals surface area contributed by atoms with Crippen LogP contribution in [0.4, 0.5) is 5.82 Å². The minimum atomic E-state index is -3.33. The molecular formula is C15H26N7O4P. The fourth-order valence-corrected chi connectivity index (χ4v) is 4.11. The first kappa shape index (κ1) is 21.2. The summed E-state index contributed by atoms with van der Waals surface area (Å²) in [6.45, 7) is 7.87. The fourth-order valence-electron chi connectivity index (χ4n) is 2.30. The second kappa shape index (κ2) is 9.23. The Morgan fingerprint density at radius 1 is 1.19 bits per heavy atom. The largest absolute Gasteiger partial charge is 0.370 e. The van der Waals surface area contributed by atoms with Crippen LogP contribution in [0.25, 0.3) is 11.2 Å². The molecule has 0 aromatic carbocycles. The Hall–Kier alpha value is -2.07. The number of guanidine groups is 1. The van der Waals surface area contributed by atoms with Crippen molar-refractivity contribution < 1.29 is 18.3 Å². The van der Waals surface area contributed by atoms with Crippen LogP contribution in [0.3, 0.4) is 0 Å². The lowest BCUT2D eigenvalue weighted by Crippen LogP contribution is -2.22. The summed E-state index contributed by atoms with van der Waals surface area (Å²) in [4.78, 5) is 16.4. The Morgan fingerprint density at radius 2 is 1.85 bits per heavy atom. The second-order valence-electron chi connectivity index (χ2n) is 6.30. The van der Waals surface area contributed by atoms with Gasteiger partial charge in [-0.2, -0.15) is 4.99 Å². The number of ether oxygens (including phenoxy) is 1. The third-order valence-electron chi connectivity index (χ3n) is 3.09. The molecule has 4 N–H and O–H groups in total. The number of rotatable bonds is 10. The van der Waals surface area contributed by atoms with Gasteiger partial charge in [-0.3, -0.25) is 4.57 Å². The van der Waals surface area contributed by atoms with Crippen LogP contribution in [0.5, 0.6) is 0 Å². The first-order valence-electron chi connectivity index (χ1n) is 8.49. The summed E-state index contributed by atoms with van der Waals surface area (Å²) < 4.78 is 30.9. The van der Waals surface area contributed by atoms with Gasteiger partial charge >= 0.3 is 7.60 Å². The predicted molar refractivity (Wildman–Crippen MR) is 102 cm³/mol. The Balaban J connectivity index is 2.01. The average Bonchev–Trinajstić information content (AvgIpc) is 2.94. The summed E-state index contributed by atoms with van der Waals surface area (Å²) in [6.07, 6.45) is 2.33. The van der Waals surface area contributed by atoms with Gasteiger partial charge in [0, 0.05) is 6.54 Å². The molecule has 0 radical (unpaired) electrons. The molecule has 12 heteroatoms. The fraction of sp³-hybridized carbons (Fsp3) is 0.600. The van der Waals surface area contributed by atoms with Crippen LogP contribution >= 0.6 is 7.60 Å². The third kappa shape index (κ3) is 6.24. The van der Waals surface area contributed by atoms with Crippen molar-refractivity contribution in [2.45, 2.75) is 46.4 Å². The Morgan fingerprint density at radius 3 is 2.44 bits per heavy atom. The van der Waals surface area contributed by atoms with Gasteiger partial charge in [0.25, 0.3) is 0 Å². The standard InChI is InChI=1S/C15H26N7O4P/c1-10(2)25-27(23,26-11(3)4)9-24-6-5-22-8-20-12-13(21-15(16)17)18-7-19-14(12)22/h7-8,10-11H,5-6,9H2,1-4H3,(H4,16,17,18,19,21). The van der Waals surface area contributed by atoms with Gasteiger partial charge in [-0.1, -0.05) is 0 Å². The van der Waals surface area contributed by atoms with E-state index in [0.29, 0.717) is 23.5 Å². The molecule has 0 amide bonds. The molecule has 0 bridgehead atoms. The van der Waals surface area contributed by atoms with Gasteiger partial charge in [-0.25, -0.2) is 15.0 Å². The van der Waals surface area contributed by atoms with Crippen molar-refractivity contribution in [3.8, 4) is 0 Å². The van der Waals surface area contributed by atoms with Gasteiger partial charge in [0.05, 0.1) is 25.1 Å². The zero-order valence-corrected chi connectivity index (χ0v) is 16.8. The van der Waals surface area contributed by atoms with Gasteiger partial charge in [-0.15, -0.1) is 0 Å². The summed E-state index contributed by atoms with van der Waals surface area (Å²) in [5, 5.41) is 0. The Labute approximate surface area is 157 Å². The van der Waals surface area contributed by atoms with Crippen LogP contribution < -0.4 is 11.5 Å². The van der Waals surface area contributed by atoms with Crippen molar-refractivity contribution in [3.63, 3.8) is 0 Å². The average molecular weight is 399 g/mol. The van der Waals surface area contributed by atoms with E-state index in [-0.39, 0.29) is 31.1 Å². The van der Waals surface area contributed by atoms with Crippen molar-refractivity contribution in [2.75, 3.05) is 13.0 Å². The number of nitrogens with zero attached hydrogens (tertiary/aromatic N) is 5. The molecule has 0 aliphatic carbocycles. The normalized spacial score (nSPS) is 12.2. The van der Waals surface area contributed by atoms with E-state index in [9.17, 15) is 4.57 Å². The Kier molecular flexibility index (Phi) is 7.25. The molecule has 2 heterocycles. The number of hydrogen-bond donors (Lipinski definition) is 2. The maximum atomic E-state index is 12.7. The van der Waals surface area contributed by atoms with Crippen LogP contribution in [0.2, 0.25) is 0 Å². The predicted octanol–water partition coefficient (Wildman–Crippen LogP) is 1.75. The molecule has 0 aliphatic heterocycles. The number of aromatic nitrogens is 4. The molecular weight excluding hydrogens is 373 g/mol. The number of hydrogen-bond acceptors (Lipinski definition) is 8. The van der Waals surface area contributed by atoms with E-state index in [4.69, 9.17) is 25.3 Å². The summed E-state index contributed by atoms with van der Waals surface area (Å²) >= 11 is 0. The number of imidazole rings is 1. The van der Waals surface area contributed by atoms with Crippen LogP contribution in [0.15, 0.2) is 17.6 Å². The van der Waals surface area contributed by atoms with Crippen molar-refractivity contribution in [1.29, 1.82) is 0 Å². The third-order valence-corrected chi connectivity index (χ3v) is 5.07. The topological polar surface area (TPSA) is 153 Å². The molecule has 0 unspecified atom stereocenters. The highest BCUT2D eigenvalue weighted by atomic mass is 31.2. The van der Waals surface area contributed by atoms with Crippen molar-refractivity contribution >= 4 is 30.5 Å². The van der Waals surface area contributed by atoms with E-state index < -0.39 is 7.60 Å². The molecule has 0 saturated heterocycles. The van der Waals surface area contributed by atoms with E-state index >= 15 is 0 Å². The first-order chi connectivity index (χ1) is 12.7. The lowest BCUT2D eigenvalue weighted by molar-refractivity contribution is 0.0961. The number of fused-ring (bicyclic) bond motifs is 1. The quantitative estimate of drug-likeness (QED) is 0.263. The summed E-state index contributed by atoms with van der Waals surface area (Å²) in [5.41, 5.74) is 11.8. The smallest absolute Gasteiger partial charge is 0.356 e. The highest BCUT2D eigenvalue weighted by Gasteiger charge is 2.28. The summed E-state index contributed by atoms with van der Waals surface area (Å²) in [6, 6.07) is 0. The molecule has 0 atom stereocenters. The van der Waals surface area contributed by atoms with Crippen LogP contribution in [0.1, 0.15) is 27.7 Å². The highest BCUT2D eigenvalue weighted by Crippen LogP contribution is 2.50. The van der Waals surface area contributed by atoms with E-state index in [1.54, 1.807) is 38.6 Å². The number of aliphatic imine (C=N–C) groups is 1. The van der Waals surface area contributed by atoms with Crippen molar-refractivity contribution in [3.05, 3.63) is 12.7 Å². The van der Waals surface area contributed by atoms with Gasteiger partial charge < -0.3 is 29.8 Å². The molecule has 0 spiro atoms. The zero-order valence-electron chi connectivity index (χ0n) is 15.9. The lowest BCUT2D eigenvalue weighted by Gasteiger charge is -2.22. The zero-order chi connectivity index (χ0) is 20.0. The molecule has 0 saturated carbocycles. The van der Waals surface area contributed by atoms with Crippen LogP contribution in [-0.4, -0.2) is 50.6 Å². The molecule has 27 heavy (non-hydrogen) atoms. The monoisotopic (exact) mass is 399 g/mol. The van der Waals surface area contributed by atoms with Gasteiger partial charge in [0.15, 0.2) is 22.9 Å². The minimum absolute atomic E-state index is 0.112. The molecule has 2 rings (SSSR count). The number of nitrogens with two attached hydrogens (primary N) is 2. The van der Waals surface area contributed by atoms with E-state index in [1.807, 2.05) is 0 Å². The van der Waals surface area contributed by atoms with Gasteiger partial charge in [-0.05, 0) is 27.7 Å². The van der Waals surface area contributed by atoms with Crippen molar-refractivity contribution in [2.24, 2.45) is 16.5 Å². The first-order valence-corrected chi connectivity index (χ1v) is 10.2. The second-order valence-corrected chi connectivity index (χ2v) is 8.20. The molecule has 0 fully saturated rings. The van der Waals surface area contributed by atoms with Crippen LogP contribution in [-0.2, 0) is 24.9 Å².